The lowest BCUT2D eigenvalue weighted by atomic mass is 10.0. The molecule has 1 atom stereocenters. The van der Waals surface area contributed by atoms with Crippen molar-refractivity contribution in [1.82, 2.24) is 0 Å². The molecular weight excluding hydrogens is 532 g/mol. The van der Waals surface area contributed by atoms with Gasteiger partial charge in [0.25, 0.3) is 0 Å². The van der Waals surface area contributed by atoms with Crippen LogP contribution in [0.15, 0.2) is 0 Å². The summed E-state index contributed by atoms with van der Waals surface area (Å²) in [5, 5.41) is 8.78. The summed E-state index contributed by atoms with van der Waals surface area (Å²) in [5.74, 6) is -0.692. The normalized spacial score (nSPS) is 12.0. The van der Waals surface area contributed by atoms with Crippen molar-refractivity contribution < 1.29 is 19.4 Å². The fourth-order valence-electron chi connectivity index (χ4n) is 6.19. The Balaban J connectivity index is 3.81. The minimum absolute atomic E-state index is 0.00546. The van der Waals surface area contributed by atoms with Gasteiger partial charge in [0.15, 0.2) is 0 Å². The largest absolute Gasteiger partial charge is 0.481 e. The Hall–Kier alpha value is -1.06. The average molecular weight is 609 g/mol. The van der Waals surface area contributed by atoms with Crippen LogP contribution in [0, 0.1) is 0 Å². The zero-order chi connectivity index (χ0) is 31.5. The Labute approximate surface area is 269 Å². The van der Waals surface area contributed by atoms with Gasteiger partial charge in [0.2, 0.25) is 0 Å². The van der Waals surface area contributed by atoms with Crippen molar-refractivity contribution in [3.8, 4) is 0 Å². The molecule has 0 rings (SSSR count). The first-order chi connectivity index (χ1) is 21.1. The van der Waals surface area contributed by atoms with E-state index in [1.807, 2.05) is 0 Å². The number of rotatable bonds is 36. The highest BCUT2D eigenvalue weighted by atomic mass is 16.5. The standard InChI is InChI=1S/C39H76O4/c1-3-5-7-9-11-12-13-14-15-16-17-18-19-20-21-23-28-32-36-39(42)43-37(33-29-25-22-10-8-6-4-2)34-30-26-24-27-31-35-38(40)41/h37H,3-36H2,1-2H3,(H,40,41). The lowest BCUT2D eigenvalue weighted by Crippen LogP contribution is -2.18. The van der Waals surface area contributed by atoms with Gasteiger partial charge >= 0.3 is 11.9 Å². The van der Waals surface area contributed by atoms with Crippen molar-refractivity contribution >= 4 is 11.9 Å². The maximum atomic E-state index is 12.6. The molecule has 0 aliphatic rings. The second-order valence-electron chi connectivity index (χ2n) is 13.5. The predicted molar refractivity (Wildman–Crippen MR) is 186 cm³/mol. The smallest absolute Gasteiger partial charge is 0.306 e. The molecule has 43 heavy (non-hydrogen) atoms. The van der Waals surface area contributed by atoms with Crippen molar-refractivity contribution in [2.24, 2.45) is 0 Å². The molecule has 0 aliphatic heterocycles. The van der Waals surface area contributed by atoms with Gasteiger partial charge < -0.3 is 9.84 Å². The molecule has 4 heteroatoms. The minimum Gasteiger partial charge on any atom is -0.481 e. The summed E-state index contributed by atoms with van der Waals surface area (Å²) in [5.41, 5.74) is 0. The maximum Gasteiger partial charge on any atom is 0.306 e. The first-order valence-corrected chi connectivity index (χ1v) is 19.5. The molecule has 4 nitrogen and oxygen atoms in total. The van der Waals surface area contributed by atoms with Crippen molar-refractivity contribution in [3.05, 3.63) is 0 Å². The molecule has 0 heterocycles. The molecule has 0 bridgehead atoms. The van der Waals surface area contributed by atoms with E-state index in [4.69, 9.17) is 9.84 Å². The lowest BCUT2D eigenvalue weighted by molar-refractivity contribution is -0.150. The van der Waals surface area contributed by atoms with Crippen molar-refractivity contribution in [1.29, 1.82) is 0 Å². The number of carbonyl (C=O) groups is 2. The number of carboxylic acid groups (broad SMARTS) is 1. The van der Waals surface area contributed by atoms with Crippen LogP contribution in [-0.4, -0.2) is 23.1 Å². The Bertz CT molecular complexity index is 576. The quantitative estimate of drug-likeness (QED) is 0.0567. The zero-order valence-electron chi connectivity index (χ0n) is 29.3. The summed E-state index contributed by atoms with van der Waals surface area (Å²) in [6.07, 6.45) is 41.3. The van der Waals surface area contributed by atoms with Crippen LogP contribution in [0.4, 0.5) is 0 Å². The molecule has 0 aliphatic carbocycles. The summed E-state index contributed by atoms with van der Waals surface area (Å²) >= 11 is 0. The Morgan fingerprint density at radius 1 is 0.419 bits per heavy atom. The fraction of sp³-hybridized carbons (Fsp3) is 0.949. The van der Waals surface area contributed by atoms with Crippen molar-refractivity contribution in [3.63, 3.8) is 0 Å². The van der Waals surface area contributed by atoms with Gasteiger partial charge in [-0.25, -0.2) is 0 Å². The van der Waals surface area contributed by atoms with Crippen LogP contribution in [0.5, 0.6) is 0 Å². The van der Waals surface area contributed by atoms with E-state index >= 15 is 0 Å². The second-order valence-corrected chi connectivity index (χ2v) is 13.5. The number of carbonyl (C=O) groups excluding carboxylic acids is 1. The lowest BCUT2D eigenvalue weighted by Gasteiger charge is -2.18. The van der Waals surface area contributed by atoms with E-state index < -0.39 is 5.97 Å². The summed E-state index contributed by atoms with van der Waals surface area (Å²) in [4.78, 5) is 23.3. The summed E-state index contributed by atoms with van der Waals surface area (Å²) in [6.45, 7) is 4.54. The third-order valence-electron chi connectivity index (χ3n) is 9.08. The number of aliphatic carboxylic acids is 1. The Morgan fingerprint density at radius 2 is 0.698 bits per heavy atom. The zero-order valence-corrected chi connectivity index (χ0v) is 29.3. The van der Waals surface area contributed by atoms with Gasteiger partial charge in [-0.05, 0) is 38.5 Å². The molecule has 1 unspecified atom stereocenters. The van der Waals surface area contributed by atoms with E-state index in [9.17, 15) is 9.59 Å². The fourth-order valence-corrected chi connectivity index (χ4v) is 6.19. The van der Waals surface area contributed by atoms with E-state index in [2.05, 4.69) is 13.8 Å². The monoisotopic (exact) mass is 609 g/mol. The molecule has 0 aromatic rings. The second kappa shape index (κ2) is 35.4. The van der Waals surface area contributed by atoms with E-state index in [1.165, 1.54) is 141 Å². The number of esters is 1. The van der Waals surface area contributed by atoms with Gasteiger partial charge in [0.05, 0.1) is 0 Å². The van der Waals surface area contributed by atoms with Crippen LogP contribution >= 0.6 is 0 Å². The van der Waals surface area contributed by atoms with Crippen LogP contribution in [0.3, 0.4) is 0 Å². The summed E-state index contributed by atoms with van der Waals surface area (Å²) in [7, 11) is 0. The molecule has 0 aromatic heterocycles. The molecule has 1 N–H and O–H groups in total. The molecule has 256 valence electrons. The molecule has 0 radical (unpaired) electrons. The number of carboxylic acids is 1. The SMILES string of the molecule is CCCCCCCCCCCCCCCCCCCCC(=O)OC(CCCCCCCCC)CCCCCCCC(=O)O. The molecular formula is C39H76O4. The highest BCUT2D eigenvalue weighted by molar-refractivity contribution is 5.69. The van der Waals surface area contributed by atoms with Crippen molar-refractivity contribution in [2.45, 2.75) is 238 Å². The number of unbranched alkanes of at least 4 members (excludes halogenated alkanes) is 27. The number of hydrogen-bond donors (Lipinski definition) is 1. The number of hydrogen-bond acceptors (Lipinski definition) is 3. The van der Waals surface area contributed by atoms with E-state index in [0.29, 0.717) is 6.42 Å². The van der Waals surface area contributed by atoms with Gasteiger partial charge in [0.1, 0.15) is 6.10 Å². The van der Waals surface area contributed by atoms with E-state index in [1.54, 1.807) is 0 Å². The van der Waals surface area contributed by atoms with E-state index in [-0.39, 0.29) is 18.5 Å². The summed E-state index contributed by atoms with van der Waals surface area (Å²) < 4.78 is 5.97. The first-order valence-electron chi connectivity index (χ1n) is 19.5. The van der Waals surface area contributed by atoms with Gasteiger partial charge in [-0.2, -0.15) is 0 Å². The van der Waals surface area contributed by atoms with Crippen LogP contribution in [0.1, 0.15) is 232 Å². The topological polar surface area (TPSA) is 63.6 Å². The van der Waals surface area contributed by atoms with Crippen LogP contribution < -0.4 is 0 Å². The van der Waals surface area contributed by atoms with Crippen LogP contribution in [0.25, 0.3) is 0 Å². The van der Waals surface area contributed by atoms with Gasteiger partial charge in [-0.1, -0.05) is 181 Å². The minimum atomic E-state index is -0.698. The molecule has 0 fully saturated rings. The number of ether oxygens (including phenoxy) is 1. The molecule has 0 aromatic carbocycles. The van der Waals surface area contributed by atoms with Crippen LogP contribution in [-0.2, 0) is 14.3 Å². The Kier molecular flexibility index (Phi) is 34.5. The first kappa shape index (κ1) is 41.9. The maximum absolute atomic E-state index is 12.6. The third-order valence-corrected chi connectivity index (χ3v) is 9.08. The van der Waals surface area contributed by atoms with Gasteiger partial charge in [0, 0.05) is 12.8 Å². The highest BCUT2D eigenvalue weighted by Crippen LogP contribution is 2.19. The molecule has 0 spiro atoms. The summed E-state index contributed by atoms with van der Waals surface area (Å²) in [6, 6.07) is 0. The molecule has 0 saturated heterocycles. The predicted octanol–water partition coefficient (Wildman–Crippen LogP) is 13.3. The van der Waals surface area contributed by atoms with Gasteiger partial charge in [-0.15, -0.1) is 0 Å². The van der Waals surface area contributed by atoms with Crippen molar-refractivity contribution in [2.75, 3.05) is 0 Å². The van der Waals surface area contributed by atoms with Gasteiger partial charge in [-0.3, -0.25) is 9.59 Å². The Morgan fingerprint density at radius 3 is 1.02 bits per heavy atom. The average Bonchev–Trinajstić information content (AvgIpc) is 2.99. The molecule has 0 saturated carbocycles. The van der Waals surface area contributed by atoms with E-state index in [0.717, 1.165) is 64.2 Å². The molecule has 0 amide bonds. The highest BCUT2D eigenvalue weighted by Gasteiger charge is 2.14. The van der Waals surface area contributed by atoms with Crippen LogP contribution in [0.2, 0.25) is 0 Å². The third kappa shape index (κ3) is 35.3.